The first-order valence-corrected chi connectivity index (χ1v) is 29.6. The number of benzene rings is 11. The molecule has 88 heavy (non-hydrogen) atoms. The minimum atomic E-state index is -0.964. The zero-order valence-corrected chi connectivity index (χ0v) is 48.7. The highest BCUT2D eigenvalue weighted by atomic mass is 16.6. The number of carbonyl (C=O) groups excluding carboxylic acids is 1. The third kappa shape index (κ3) is 15.2. The van der Waals surface area contributed by atoms with Crippen LogP contribution in [-0.4, -0.2) is 12.1 Å². The molecule has 0 fully saturated rings. The van der Waals surface area contributed by atoms with E-state index in [1.165, 1.54) is 0 Å². The number of ether oxygens (including phenoxy) is 9. The molecule has 12 rings (SSSR count). The van der Waals surface area contributed by atoms with Crippen LogP contribution in [-0.2, 0) is 63.8 Å². The summed E-state index contributed by atoms with van der Waals surface area (Å²) < 4.78 is 61.5. The van der Waals surface area contributed by atoms with E-state index in [0.29, 0.717) is 71.2 Å². The zero-order chi connectivity index (χ0) is 59.5. The number of rotatable bonds is 26. The number of hydrogen-bond acceptors (Lipinski definition) is 10. The van der Waals surface area contributed by atoms with E-state index in [2.05, 4.69) is 12.1 Å². The zero-order valence-electron chi connectivity index (χ0n) is 48.7. The average molecular weight is 1160 g/mol. The molecule has 1 heterocycles. The van der Waals surface area contributed by atoms with Gasteiger partial charge < -0.3 is 42.6 Å². The second-order valence-corrected chi connectivity index (χ2v) is 21.4. The average Bonchev–Trinajstić information content (AvgIpc) is 1.77. The van der Waals surface area contributed by atoms with Crippen LogP contribution in [0.25, 0.3) is 0 Å². The van der Waals surface area contributed by atoms with Crippen molar-refractivity contribution in [2.24, 2.45) is 0 Å². The summed E-state index contributed by atoms with van der Waals surface area (Å²) in [6, 6.07) is 91.0. The molecule has 2 atom stereocenters. The minimum absolute atomic E-state index is 0.175. The van der Waals surface area contributed by atoms with E-state index in [-0.39, 0.29) is 45.0 Å². The summed E-state index contributed by atoms with van der Waals surface area (Å²) in [7, 11) is 0. The Balaban J connectivity index is 0.983. The fourth-order valence-corrected chi connectivity index (χ4v) is 10.5. The molecule has 0 N–H and O–H groups in total. The van der Waals surface area contributed by atoms with Crippen LogP contribution in [0, 0.1) is 0 Å². The van der Waals surface area contributed by atoms with Crippen LogP contribution < -0.4 is 37.9 Å². The molecule has 1 aliphatic heterocycles. The molecule has 11 aromatic carbocycles. The summed E-state index contributed by atoms with van der Waals surface area (Å²) in [5, 5.41) is 0. The summed E-state index contributed by atoms with van der Waals surface area (Å²) in [5.74, 6) is 3.02. The van der Waals surface area contributed by atoms with E-state index in [0.717, 1.165) is 55.6 Å². The lowest BCUT2D eigenvalue weighted by atomic mass is 9.90. The van der Waals surface area contributed by atoms with Gasteiger partial charge in [-0.1, -0.05) is 249 Å². The maximum absolute atomic E-state index is 15.6. The molecule has 1 aliphatic rings. The maximum atomic E-state index is 15.6. The van der Waals surface area contributed by atoms with Crippen LogP contribution in [0.2, 0.25) is 0 Å². The van der Waals surface area contributed by atoms with Crippen molar-refractivity contribution < 1.29 is 47.4 Å². The molecular weight excluding hydrogens is 1100 g/mol. The summed E-state index contributed by atoms with van der Waals surface area (Å²) in [5.41, 5.74) is 10.2. The summed E-state index contributed by atoms with van der Waals surface area (Å²) >= 11 is 0. The van der Waals surface area contributed by atoms with E-state index >= 15 is 4.79 Å². The van der Waals surface area contributed by atoms with Crippen molar-refractivity contribution in [2.75, 3.05) is 0 Å². The summed E-state index contributed by atoms with van der Waals surface area (Å²) in [6.07, 6.45) is -1.25. The Labute approximate surface area is 514 Å². The number of fused-ring (bicyclic) bond motifs is 1. The molecule has 0 aromatic heterocycles. The molecule has 0 saturated carbocycles. The fraction of sp³-hybridized carbons (Fsp3) is 0.141. The van der Waals surface area contributed by atoms with Gasteiger partial charge in [-0.3, -0.25) is 0 Å². The SMILES string of the molecule is O=C(O[C@H]1Cc2c(OCc3ccccc3)cc(OCc3ccccc3)c(Cc3ccccc3)c2O[C@H]1c1ccc(OCc2ccccc2)c(OCc2ccccc2)c1)c1cc(OCc2ccccc2)c(OCc2ccccc2)c(OCc2ccccc2)c1. The Morgan fingerprint density at radius 2 is 0.693 bits per heavy atom. The molecule has 0 radical (unpaired) electrons. The Morgan fingerprint density at radius 3 is 1.11 bits per heavy atom. The van der Waals surface area contributed by atoms with E-state index < -0.39 is 18.2 Å². The molecule has 0 aliphatic carbocycles. The number of carbonyl (C=O) groups is 1. The molecule has 0 bridgehead atoms. The molecule has 10 nitrogen and oxygen atoms in total. The Kier molecular flexibility index (Phi) is 19.0. The lowest BCUT2D eigenvalue weighted by Gasteiger charge is -2.36. The fourth-order valence-electron chi connectivity index (χ4n) is 10.5. The first-order chi connectivity index (χ1) is 43.5. The molecule has 10 heteroatoms. The van der Waals surface area contributed by atoms with Crippen molar-refractivity contribution >= 4 is 5.97 Å². The van der Waals surface area contributed by atoms with Crippen molar-refractivity contribution in [1.82, 2.24) is 0 Å². The van der Waals surface area contributed by atoms with Crippen molar-refractivity contribution in [2.45, 2.75) is 71.3 Å². The van der Waals surface area contributed by atoms with Gasteiger partial charge in [0.05, 0.1) is 5.56 Å². The standard InChI is InChI=1S/C78H66O10/c79-78(65-45-72(84-53-61-35-19-6-20-36-61)77(86-55-63-39-23-8-24-40-63)73(46-65)85-54-62-37-21-7-22-38-62)87-74-47-67-70(82-51-59-31-15-4-16-32-59)48-69(81-50-58-29-13-3-14-30-58)66(43-56-25-9-1-10-26-56)76(67)88-75(74)64-41-42-68(80-49-57-27-11-2-12-28-57)71(44-64)83-52-60-33-17-5-18-34-60/h1-42,44-46,48,74-75H,43,47,49-55H2/t74-,75-/m0/s1. The van der Waals surface area contributed by atoms with E-state index in [4.69, 9.17) is 42.6 Å². The maximum Gasteiger partial charge on any atom is 0.338 e. The van der Waals surface area contributed by atoms with Crippen molar-refractivity contribution in [3.05, 3.63) is 346 Å². The monoisotopic (exact) mass is 1160 g/mol. The first-order valence-electron chi connectivity index (χ1n) is 29.6. The normalized spacial score (nSPS) is 13.2. The molecule has 0 unspecified atom stereocenters. The van der Waals surface area contributed by atoms with Crippen LogP contribution >= 0.6 is 0 Å². The highest BCUT2D eigenvalue weighted by Crippen LogP contribution is 2.50. The highest BCUT2D eigenvalue weighted by Gasteiger charge is 2.40. The van der Waals surface area contributed by atoms with Crippen molar-refractivity contribution in [1.29, 1.82) is 0 Å². The minimum Gasteiger partial charge on any atom is -0.488 e. The van der Waals surface area contributed by atoms with Crippen LogP contribution in [0.5, 0.6) is 46.0 Å². The summed E-state index contributed by atoms with van der Waals surface area (Å²) in [6.45, 7) is 1.69. The Hall–Kier alpha value is -10.7. The van der Waals surface area contributed by atoms with Crippen LogP contribution in [0.1, 0.15) is 77.7 Å². The van der Waals surface area contributed by atoms with Gasteiger partial charge >= 0.3 is 5.97 Å². The molecule has 11 aromatic rings. The molecular formula is C78H66O10. The van der Waals surface area contributed by atoms with Gasteiger partial charge in [-0.05, 0) is 68.8 Å². The molecule has 438 valence electrons. The van der Waals surface area contributed by atoms with Gasteiger partial charge in [-0.2, -0.15) is 0 Å². The molecule has 0 spiro atoms. The quantitative estimate of drug-likeness (QED) is 0.0487. The third-order valence-corrected chi connectivity index (χ3v) is 15.1. The predicted octanol–water partition coefficient (Wildman–Crippen LogP) is 17.2. The van der Waals surface area contributed by atoms with E-state index in [1.807, 2.05) is 255 Å². The smallest absolute Gasteiger partial charge is 0.338 e. The lowest BCUT2D eigenvalue weighted by molar-refractivity contribution is -0.0194. The lowest BCUT2D eigenvalue weighted by Crippen LogP contribution is -2.35. The number of hydrogen-bond donors (Lipinski definition) is 0. The number of esters is 1. The van der Waals surface area contributed by atoms with Crippen LogP contribution in [0.3, 0.4) is 0 Å². The van der Waals surface area contributed by atoms with Crippen molar-refractivity contribution in [3.63, 3.8) is 0 Å². The van der Waals surface area contributed by atoms with Gasteiger partial charge in [0, 0.05) is 35.6 Å². The van der Waals surface area contributed by atoms with Gasteiger partial charge in [0.15, 0.2) is 29.1 Å². The van der Waals surface area contributed by atoms with Crippen molar-refractivity contribution in [3.8, 4) is 46.0 Å². The predicted molar refractivity (Wildman–Crippen MR) is 340 cm³/mol. The largest absolute Gasteiger partial charge is 0.488 e. The van der Waals surface area contributed by atoms with Gasteiger partial charge in [-0.15, -0.1) is 0 Å². The first kappa shape index (κ1) is 57.7. The highest BCUT2D eigenvalue weighted by molar-refractivity contribution is 5.91. The third-order valence-electron chi connectivity index (χ3n) is 15.1. The molecule has 0 amide bonds. The van der Waals surface area contributed by atoms with E-state index in [1.54, 1.807) is 12.1 Å². The van der Waals surface area contributed by atoms with Gasteiger partial charge in [0.1, 0.15) is 69.6 Å². The van der Waals surface area contributed by atoms with Gasteiger partial charge in [0.25, 0.3) is 0 Å². The van der Waals surface area contributed by atoms with E-state index in [9.17, 15) is 0 Å². The second-order valence-electron chi connectivity index (χ2n) is 21.4. The van der Waals surface area contributed by atoms with Crippen LogP contribution in [0.15, 0.2) is 279 Å². The second kappa shape index (κ2) is 28.9. The Bertz CT molecular complexity index is 3920. The van der Waals surface area contributed by atoms with Gasteiger partial charge in [0.2, 0.25) is 5.75 Å². The topological polar surface area (TPSA) is 100 Å². The van der Waals surface area contributed by atoms with Gasteiger partial charge in [-0.25, -0.2) is 4.79 Å². The van der Waals surface area contributed by atoms with Crippen LogP contribution in [0.4, 0.5) is 0 Å². The Morgan fingerprint density at radius 1 is 0.341 bits per heavy atom. The molecule has 0 saturated heterocycles. The summed E-state index contributed by atoms with van der Waals surface area (Å²) in [4.78, 5) is 15.6.